The van der Waals surface area contributed by atoms with Crippen LogP contribution in [0.4, 0.5) is 0 Å². The maximum absolute atomic E-state index is 4.87. The summed E-state index contributed by atoms with van der Waals surface area (Å²) >= 11 is 0. The number of rotatable bonds is 1. The fraction of sp³-hybridized carbons (Fsp3) is 0. The molecule has 0 spiro atoms. The average Bonchev–Trinajstić information content (AvgIpc) is 3.04. The summed E-state index contributed by atoms with van der Waals surface area (Å²) < 4.78 is 2.13. The Morgan fingerprint density at radius 1 is 0.556 bits per heavy atom. The Labute approximate surface area is 154 Å². The number of para-hydroxylation sites is 4. The van der Waals surface area contributed by atoms with E-state index < -0.39 is 0 Å². The second-order valence-electron chi connectivity index (χ2n) is 6.44. The van der Waals surface area contributed by atoms with E-state index in [0.717, 1.165) is 38.8 Å². The second-order valence-corrected chi connectivity index (χ2v) is 6.44. The summed E-state index contributed by atoms with van der Waals surface area (Å²) in [6.45, 7) is 0. The second kappa shape index (κ2) is 5.32. The van der Waals surface area contributed by atoms with Crippen molar-refractivity contribution in [3.8, 4) is 5.69 Å². The van der Waals surface area contributed by atoms with E-state index in [0.29, 0.717) is 11.3 Å². The third kappa shape index (κ3) is 2.05. The van der Waals surface area contributed by atoms with Gasteiger partial charge in [-0.05, 0) is 30.3 Å². The Morgan fingerprint density at radius 3 is 1.96 bits per heavy atom. The van der Waals surface area contributed by atoms with Crippen molar-refractivity contribution in [1.82, 2.24) is 24.5 Å². The molecule has 0 N–H and O–H groups in total. The van der Waals surface area contributed by atoms with Crippen LogP contribution in [0.15, 0.2) is 78.9 Å². The molecule has 0 atom stereocenters. The van der Waals surface area contributed by atoms with Gasteiger partial charge in [0.15, 0.2) is 16.9 Å². The van der Waals surface area contributed by atoms with Gasteiger partial charge in [-0.15, -0.1) is 0 Å². The molecule has 5 nitrogen and oxygen atoms in total. The van der Waals surface area contributed by atoms with E-state index in [-0.39, 0.29) is 0 Å². The van der Waals surface area contributed by atoms with Gasteiger partial charge >= 0.3 is 0 Å². The van der Waals surface area contributed by atoms with Gasteiger partial charge in [-0.1, -0.05) is 48.5 Å². The first-order valence-corrected chi connectivity index (χ1v) is 8.78. The van der Waals surface area contributed by atoms with Crippen LogP contribution in [0.2, 0.25) is 0 Å². The van der Waals surface area contributed by atoms with Gasteiger partial charge in [0.25, 0.3) is 0 Å². The van der Waals surface area contributed by atoms with Crippen LogP contribution in [0.25, 0.3) is 50.1 Å². The lowest BCUT2D eigenvalue weighted by atomic mass is 10.2. The van der Waals surface area contributed by atoms with E-state index >= 15 is 0 Å². The van der Waals surface area contributed by atoms with Crippen LogP contribution in [-0.2, 0) is 0 Å². The predicted octanol–water partition coefficient (Wildman–Crippen LogP) is 4.67. The Hall–Kier alpha value is -3.86. The van der Waals surface area contributed by atoms with Crippen LogP contribution in [0, 0.1) is 0 Å². The van der Waals surface area contributed by atoms with Crippen molar-refractivity contribution < 1.29 is 0 Å². The van der Waals surface area contributed by atoms with E-state index in [9.17, 15) is 0 Å². The van der Waals surface area contributed by atoms with Gasteiger partial charge in [0.05, 0.1) is 16.6 Å². The first kappa shape index (κ1) is 14.3. The Morgan fingerprint density at radius 2 is 1.19 bits per heavy atom. The van der Waals surface area contributed by atoms with Crippen LogP contribution in [-0.4, -0.2) is 24.5 Å². The number of nitrogens with zero attached hydrogens (tertiary/aromatic N) is 5. The summed E-state index contributed by atoms with van der Waals surface area (Å²) in [6.07, 6.45) is 0. The van der Waals surface area contributed by atoms with Crippen molar-refractivity contribution in [3.63, 3.8) is 0 Å². The normalized spacial score (nSPS) is 11.7. The van der Waals surface area contributed by atoms with Crippen LogP contribution in [0.1, 0.15) is 0 Å². The van der Waals surface area contributed by atoms with Gasteiger partial charge < -0.3 is 0 Å². The average molecular weight is 347 g/mol. The number of benzene rings is 3. The van der Waals surface area contributed by atoms with Crippen LogP contribution in [0.5, 0.6) is 0 Å². The molecular weight excluding hydrogens is 334 g/mol. The molecule has 3 heterocycles. The van der Waals surface area contributed by atoms with E-state index in [1.54, 1.807) is 0 Å². The summed E-state index contributed by atoms with van der Waals surface area (Å²) in [7, 11) is 0. The minimum Gasteiger partial charge on any atom is -0.292 e. The van der Waals surface area contributed by atoms with Crippen LogP contribution in [0.3, 0.4) is 0 Å². The van der Waals surface area contributed by atoms with Crippen molar-refractivity contribution in [3.05, 3.63) is 78.9 Å². The molecule has 3 aromatic heterocycles. The predicted molar refractivity (Wildman–Crippen MR) is 107 cm³/mol. The first-order chi connectivity index (χ1) is 13.4. The minimum absolute atomic E-state index is 0.557. The fourth-order valence-corrected chi connectivity index (χ4v) is 3.60. The van der Waals surface area contributed by atoms with Gasteiger partial charge in [0.2, 0.25) is 0 Å². The molecule has 126 valence electrons. The molecule has 3 aromatic carbocycles. The highest BCUT2D eigenvalue weighted by molar-refractivity contribution is 6.07. The van der Waals surface area contributed by atoms with Crippen molar-refractivity contribution in [2.24, 2.45) is 0 Å². The highest BCUT2D eigenvalue weighted by Gasteiger charge is 2.16. The lowest BCUT2D eigenvalue weighted by Crippen LogP contribution is -1.98. The molecule has 0 saturated carbocycles. The molecule has 0 amide bonds. The maximum atomic E-state index is 4.87. The van der Waals surface area contributed by atoms with E-state index in [2.05, 4.69) is 38.8 Å². The van der Waals surface area contributed by atoms with Gasteiger partial charge in [-0.2, -0.15) is 0 Å². The first-order valence-electron chi connectivity index (χ1n) is 8.78. The Balaban J connectivity index is 1.82. The largest absolute Gasteiger partial charge is 0.292 e. The lowest BCUT2D eigenvalue weighted by Gasteiger charge is -2.06. The molecule has 0 aliphatic heterocycles. The fourth-order valence-electron chi connectivity index (χ4n) is 3.60. The Bertz CT molecular complexity index is 1470. The summed E-state index contributed by atoms with van der Waals surface area (Å²) in [5.41, 5.74) is 6.51. The van der Waals surface area contributed by atoms with Gasteiger partial charge in [0.1, 0.15) is 5.52 Å². The number of aromatic nitrogens is 5. The summed E-state index contributed by atoms with van der Waals surface area (Å²) in [5, 5.41) is 1.06. The standard InChI is InChI=1S/C22H13N5/c1-2-8-14(9-3-1)27-18-13-7-4-10-15(18)19-22(27)26-21-20(25-19)23-16-11-5-6-12-17(16)24-21/h1-13H. The third-order valence-corrected chi connectivity index (χ3v) is 4.80. The van der Waals surface area contributed by atoms with Crippen molar-refractivity contribution >= 4 is 44.4 Å². The van der Waals surface area contributed by atoms with Gasteiger partial charge in [-0.3, -0.25) is 4.57 Å². The van der Waals surface area contributed by atoms with Crippen molar-refractivity contribution in [2.75, 3.05) is 0 Å². The smallest absolute Gasteiger partial charge is 0.200 e. The molecule has 5 heteroatoms. The molecule has 6 aromatic rings. The van der Waals surface area contributed by atoms with Crippen LogP contribution < -0.4 is 0 Å². The molecule has 0 saturated heterocycles. The van der Waals surface area contributed by atoms with Crippen LogP contribution >= 0.6 is 0 Å². The zero-order chi connectivity index (χ0) is 17.8. The topological polar surface area (TPSA) is 56.5 Å². The van der Waals surface area contributed by atoms with E-state index in [1.165, 1.54) is 0 Å². The molecular formula is C22H13N5. The third-order valence-electron chi connectivity index (χ3n) is 4.80. The highest BCUT2D eigenvalue weighted by Crippen LogP contribution is 2.30. The quantitative estimate of drug-likeness (QED) is 0.406. The molecule has 0 aliphatic carbocycles. The number of hydrogen-bond acceptors (Lipinski definition) is 4. The SMILES string of the molecule is c1ccc(-n2c3ccccc3c3nc4nc5ccccc5nc4nc32)cc1. The van der Waals surface area contributed by atoms with Gasteiger partial charge in [0, 0.05) is 11.1 Å². The zero-order valence-corrected chi connectivity index (χ0v) is 14.2. The summed E-state index contributed by atoms with van der Waals surface area (Å²) in [4.78, 5) is 19.1. The zero-order valence-electron chi connectivity index (χ0n) is 14.2. The highest BCUT2D eigenvalue weighted by atomic mass is 15.1. The Kier molecular flexibility index (Phi) is 2.82. The lowest BCUT2D eigenvalue weighted by molar-refractivity contribution is 1.13. The summed E-state index contributed by atoms with van der Waals surface area (Å²) in [6, 6.07) is 26.2. The van der Waals surface area contributed by atoms with E-state index in [4.69, 9.17) is 9.97 Å². The van der Waals surface area contributed by atoms with Crippen molar-refractivity contribution in [2.45, 2.75) is 0 Å². The monoisotopic (exact) mass is 347 g/mol. The minimum atomic E-state index is 0.557. The molecule has 6 rings (SSSR count). The molecule has 0 fully saturated rings. The number of fused-ring (bicyclic) bond motifs is 5. The maximum Gasteiger partial charge on any atom is 0.200 e. The molecule has 27 heavy (non-hydrogen) atoms. The molecule has 0 radical (unpaired) electrons. The van der Waals surface area contributed by atoms with E-state index in [1.807, 2.05) is 54.6 Å². The summed E-state index contributed by atoms with van der Waals surface area (Å²) in [5.74, 6) is 0. The molecule has 0 bridgehead atoms. The molecule has 0 unspecified atom stereocenters. The number of hydrogen-bond donors (Lipinski definition) is 0. The van der Waals surface area contributed by atoms with Crippen molar-refractivity contribution in [1.29, 1.82) is 0 Å². The molecule has 0 aliphatic rings. The van der Waals surface area contributed by atoms with Gasteiger partial charge in [-0.25, -0.2) is 19.9 Å².